The van der Waals surface area contributed by atoms with E-state index in [0.717, 1.165) is 19.3 Å². The summed E-state index contributed by atoms with van der Waals surface area (Å²) in [6.45, 7) is 2.09. The third-order valence-electron chi connectivity index (χ3n) is 6.66. The molecule has 4 N–H and O–H groups in total. The van der Waals surface area contributed by atoms with Crippen molar-refractivity contribution in [3.05, 3.63) is 0 Å². The lowest BCUT2D eigenvalue weighted by molar-refractivity contribution is -0.881. The van der Waals surface area contributed by atoms with E-state index in [1.165, 1.54) is 77.0 Å². The number of hydrogen-bond acceptors (Lipinski definition) is 4. The fourth-order valence-electron chi connectivity index (χ4n) is 4.70. The van der Waals surface area contributed by atoms with Crippen LogP contribution in [0.2, 0.25) is 0 Å². The first-order chi connectivity index (χ1) is 16.4. The van der Waals surface area contributed by atoms with Crippen LogP contribution in [0, 0.1) is 0 Å². The Morgan fingerprint density at radius 3 is 1.51 bits per heavy atom. The van der Waals surface area contributed by atoms with Gasteiger partial charge in [-0.3, -0.25) is 9.35 Å². The maximum atomic E-state index is 12.0. The van der Waals surface area contributed by atoms with Crippen LogP contribution in [0.3, 0.4) is 0 Å². The molecular formula is C25H53N2O6S2+. The maximum absolute atomic E-state index is 12.0. The quantitative estimate of drug-likeness (QED) is 0.0677. The van der Waals surface area contributed by atoms with Crippen LogP contribution in [0.5, 0.6) is 0 Å². The van der Waals surface area contributed by atoms with E-state index in [0.29, 0.717) is 6.42 Å². The lowest BCUT2D eigenvalue weighted by Crippen LogP contribution is -2.54. The van der Waals surface area contributed by atoms with E-state index in [2.05, 4.69) is 6.92 Å². The molecule has 1 amide bonds. The zero-order chi connectivity index (χ0) is 26.7. The van der Waals surface area contributed by atoms with Crippen LogP contribution in [0.15, 0.2) is 0 Å². The first-order valence-corrected chi connectivity index (χ1v) is 16.2. The molecule has 8 nitrogen and oxygen atoms in total. The summed E-state index contributed by atoms with van der Waals surface area (Å²) in [5, 5.41) is -2.54. The van der Waals surface area contributed by atoms with Crippen molar-refractivity contribution in [1.82, 2.24) is 0 Å². The Balaban J connectivity index is 4.15. The molecule has 0 spiro atoms. The molecule has 0 aromatic carbocycles. The number of hydrogen-bond donors (Lipinski definition) is 3. The van der Waals surface area contributed by atoms with Crippen LogP contribution in [-0.2, 0) is 26.0 Å². The van der Waals surface area contributed by atoms with Crippen molar-refractivity contribution in [2.75, 3.05) is 27.2 Å². The topological polar surface area (TPSA) is 135 Å². The Bertz CT molecular complexity index is 685. The Kier molecular flexibility index (Phi) is 19.2. The van der Waals surface area contributed by atoms with Gasteiger partial charge >= 0.3 is 0 Å². The molecule has 3 unspecified atom stereocenters. The van der Waals surface area contributed by atoms with Crippen molar-refractivity contribution in [3.63, 3.8) is 0 Å². The number of rotatable bonds is 24. The number of likely N-dealkylation sites (N-methyl/N-ethyl adjacent to an activating group) is 1. The Morgan fingerprint density at radius 2 is 1.20 bits per heavy atom. The van der Waals surface area contributed by atoms with Crippen LogP contribution in [0.1, 0.15) is 116 Å². The predicted molar refractivity (Wildman–Crippen MR) is 145 cm³/mol. The highest BCUT2D eigenvalue weighted by molar-refractivity contribution is 7.88. The van der Waals surface area contributed by atoms with Gasteiger partial charge < -0.3 is 14.8 Å². The molecule has 3 atom stereocenters. The second-order valence-corrected chi connectivity index (χ2v) is 13.5. The lowest BCUT2D eigenvalue weighted by atomic mass is 10.0. The highest BCUT2D eigenvalue weighted by atomic mass is 32.2. The third-order valence-corrected chi connectivity index (χ3v) is 9.15. The fraction of sp³-hybridized carbons (Fsp3) is 0.960. The minimum atomic E-state index is -4.51. The zero-order valence-electron chi connectivity index (χ0n) is 22.5. The van der Waals surface area contributed by atoms with Crippen molar-refractivity contribution in [2.45, 2.75) is 127 Å². The molecule has 0 bridgehead atoms. The number of primary amides is 1. The molecule has 0 saturated carbocycles. The Hall–Kier alpha value is -0.550. The maximum Gasteiger partial charge on any atom is 0.272 e. The summed E-state index contributed by atoms with van der Waals surface area (Å²) in [5.74, 6) is -0.585. The van der Waals surface area contributed by atoms with Crippen LogP contribution in [-0.4, -0.2) is 69.8 Å². The van der Waals surface area contributed by atoms with Crippen LogP contribution < -0.4 is 5.73 Å². The molecule has 0 heterocycles. The lowest BCUT2D eigenvalue weighted by Gasteiger charge is -2.33. The van der Waals surface area contributed by atoms with E-state index in [4.69, 9.17) is 5.73 Å². The molecule has 0 rings (SSSR count). The van der Waals surface area contributed by atoms with E-state index in [9.17, 15) is 26.5 Å². The van der Waals surface area contributed by atoms with E-state index in [1.807, 2.05) is 0 Å². The number of carbonyl (C=O) groups excluding carboxylic acids is 1. The molecule has 0 aliphatic heterocycles. The number of quaternary nitrogens is 1. The normalized spacial score (nSPS) is 15.1. The molecule has 0 fully saturated rings. The van der Waals surface area contributed by atoms with E-state index in [-0.39, 0.29) is 24.0 Å². The summed E-state index contributed by atoms with van der Waals surface area (Å²) >= 11 is -2.47. The number of nitrogens with zero attached hydrogens (tertiary/aromatic N) is 1. The summed E-state index contributed by atoms with van der Waals surface area (Å²) in [6.07, 6.45) is 19.3. The molecule has 35 heavy (non-hydrogen) atoms. The van der Waals surface area contributed by atoms with Gasteiger partial charge in [-0.15, -0.1) is 0 Å². The van der Waals surface area contributed by atoms with E-state index >= 15 is 0 Å². The molecule has 0 aliphatic rings. The Morgan fingerprint density at radius 1 is 0.829 bits per heavy atom. The summed E-state index contributed by atoms with van der Waals surface area (Å²) in [4.78, 5) is 11.3. The smallest absolute Gasteiger partial charge is 0.272 e. The van der Waals surface area contributed by atoms with E-state index < -0.39 is 37.6 Å². The number of carbonyl (C=O) groups is 1. The van der Waals surface area contributed by atoms with Crippen molar-refractivity contribution in [3.8, 4) is 0 Å². The molecule has 0 aromatic heterocycles. The van der Waals surface area contributed by atoms with Gasteiger partial charge in [-0.25, -0.2) is 4.21 Å². The van der Waals surface area contributed by atoms with Gasteiger partial charge in [-0.2, -0.15) is 8.42 Å². The first-order valence-electron chi connectivity index (χ1n) is 13.6. The Labute approximate surface area is 217 Å². The SMILES string of the molecule is CCCCCCCCCCCCCCCCCCC(C(C[N+](C)(C)CC(N)=O)S(=O)O)S(=O)(=O)O. The monoisotopic (exact) mass is 541 g/mol. The second-order valence-electron chi connectivity index (χ2n) is 10.7. The molecule has 0 saturated heterocycles. The van der Waals surface area contributed by atoms with Crippen LogP contribution in [0.4, 0.5) is 0 Å². The fourth-order valence-corrected chi connectivity index (χ4v) is 7.27. The average molecular weight is 542 g/mol. The molecular weight excluding hydrogens is 488 g/mol. The van der Waals surface area contributed by atoms with Gasteiger partial charge in [-0.1, -0.05) is 110 Å². The highest BCUT2D eigenvalue weighted by Crippen LogP contribution is 2.21. The predicted octanol–water partition coefficient (Wildman–Crippen LogP) is 5.05. The van der Waals surface area contributed by atoms with Gasteiger partial charge in [0.25, 0.3) is 16.0 Å². The molecule has 10 heteroatoms. The minimum Gasteiger partial charge on any atom is -0.365 e. The van der Waals surface area contributed by atoms with Crippen molar-refractivity contribution < 1.29 is 31.0 Å². The zero-order valence-corrected chi connectivity index (χ0v) is 24.1. The van der Waals surface area contributed by atoms with Crippen molar-refractivity contribution in [2.24, 2.45) is 5.73 Å². The van der Waals surface area contributed by atoms with Gasteiger partial charge in [-0.05, 0) is 6.42 Å². The van der Waals surface area contributed by atoms with Crippen molar-refractivity contribution in [1.29, 1.82) is 0 Å². The molecule has 0 aromatic rings. The molecule has 0 aliphatic carbocycles. The average Bonchev–Trinajstić information content (AvgIpc) is 2.72. The first kappa shape index (κ1) is 34.5. The second kappa shape index (κ2) is 19.5. The van der Waals surface area contributed by atoms with Gasteiger partial charge in [0.15, 0.2) is 17.6 Å². The van der Waals surface area contributed by atoms with E-state index in [1.54, 1.807) is 14.1 Å². The summed E-state index contributed by atoms with van der Waals surface area (Å²) in [5.41, 5.74) is 5.23. The highest BCUT2D eigenvalue weighted by Gasteiger charge is 2.40. The summed E-state index contributed by atoms with van der Waals surface area (Å²) in [6, 6.07) is 0. The third kappa shape index (κ3) is 19.3. The van der Waals surface area contributed by atoms with Crippen LogP contribution in [0.25, 0.3) is 0 Å². The van der Waals surface area contributed by atoms with Crippen molar-refractivity contribution >= 4 is 27.1 Å². The summed E-state index contributed by atoms with van der Waals surface area (Å²) < 4.78 is 55.4. The number of nitrogens with two attached hydrogens (primary N) is 1. The van der Waals surface area contributed by atoms with Crippen LogP contribution >= 0.6 is 0 Å². The standard InChI is InChI=1S/C25H52N2O6S2/c1-4-5-6-7-8-9-10-11-12-13-14-15-16-17-18-19-20-24(35(31,32)33)23(34(29)30)21-27(2,3)22-25(26)28/h23-24H,4-22H2,1-3H3,(H3-,26,28,29,30,31,32,33)/p+1. The largest absolute Gasteiger partial charge is 0.365 e. The van der Waals surface area contributed by atoms with Gasteiger partial charge in [0.1, 0.15) is 10.5 Å². The number of unbranched alkanes of at least 4 members (excludes halogenated alkanes) is 15. The molecule has 0 radical (unpaired) electrons. The minimum absolute atomic E-state index is 0.0305. The molecule has 210 valence electrons. The van der Waals surface area contributed by atoms with Gasteiger partial charge in [0.2, 0.25) is 0 Å². The van der Waals surface area contributed by atoms with Gasteiger partial charge in [0.05, 0.1) is 20.6 Å². The van der Waals surface area contributed by atoms with Gasteiger partial charge in [0, 0.05) is 0 Å². The summed E-state index contributed by atoms with van der Waals surface area (Å²) in [7, 11) is -1.23. The number of amides is 1.